The lowest BCUT2D eigenvalue weighted by atomic mass is 9.85. The molecule has 1 saturated carbocycles. The number of nitrogens with one attached hydrogen (secondary N) is 1. The smallest absolute Gasteiger partial charge is 0.0485 e. The Bertz CT molecular complexity index is 421. The zero-order chi connectivity index (χ0) is 13.1. The molecule has 1 heterocycles. The molecule has 3 heteroatoms. The second kappa shape index (κ2) is 6.27. The van der Waals surface area contributed by atoms with Crippen molar-refractivity contribution < 1.29 is 0 Å². The average Bonchev–Trinajstić information content (AvgIpc) is 2.85. The quantitative estimate of drug-likeness (QED) is 0.896. The summed E-state index contributed by atoms with van der Waals surface area (Å²) in [5.41, 5.74) is 1.21. The van der Waals surface area contributed by atoms with Gasteiger partial charge in [-0.1, -0.05) is 25.0 Å². The molecule has 2 atom stereocenters. The Morgan fingerprint density at radius 1 is 1.16 bits per heavy atom. The maximum absolute atomic E-state index is 3.59. The fourth-order valence-corrected chi connectivity index (χ4v) is 4.14. The minimum absolute atomic E-state index is 0.884. The van der Waals surface area contributed by atoms with Gasteiger partial charge in [0.15, 0.2) is 0 Å². The highest BCUT2D eigenvalue weighted by Crippen LogP contribution is 2.35. The number of benzene rings is 1. The third kappa shape index (κ3) is 3.14. The zero-order valence-corrected chi connectivity index (χ0v) is 13.0. The fourth-order valence-electron chi connectivity index (χ4n) is 3.72. The van der Waals surface area contributed by atoms with Gasteiger partial charge < -0.3 is 5.32 Å². The third-order valence-electron chi connectivity index (χ3n) is 4.71. The van der Waals surface area contributed by atoms with Crippen LogP contribution in [-0.2, 0) is 0 Å². The summed E-state index contributed by atoms with van der Waals surface area (Å²) in [6.45, 7) is 3.54. The van der Waals surface area contributed by atoms with Gasteiger partial charge in [-0.05, 0) is 59.8 Å². The molecule has 0 spiro atoms. The summed E-state index contributed by atoms with van der Waals surface area (Å²) in [7, 11) is 0. The number of likely N-dealkylation sites (tertiary alicyclic amines) is 1. The van der Waals surface area contributed by atoms with Crippen molar-refractivity contribution in [3.05, 3.63) is 28.7 Å². The molecule has 2 fully saturated rings. The molecular formula is C16H23BrN2. The standard InChI is InChI=1S/C16H23BrN2/c17-14-6-2-3-7-15(14)18-10-12-19-11-9-13-5-1-4-8-16(13)19/h2-3,6-7,13,16,18H,1,4-5,8-12H2. The maximum atomic E-state index is 3.59. The summed E-state index contributed by atoms with van der Waals surface area (Å²) in [6.07, 6.45) is 7.23. The van der Waals surface area contributed by atoms with Crippen molar-refractivity contribution in [1.29, 1.82) is 0 Å². The van der Waals surface area contributed by atoms with E-state index in [4.69, 9.17) is 0 Å². The summed E-state index contributed by atoms with van der Waals surface area (Å²) >= 11 is 3.59. The van der Waals surface area contributed by atoms with Crippen molar-refractivity contribution in [3.63, 3.8) is 0 Å². The second-order valence-corrected chi connectivity index (χ2v) is 6.70. The number of halogens is 1. The van der Waals surface area contributed by atoms with Crippen LogP contribution < -0.4 is 5.32 Å². The highest BCUT2D eigenvalue weighted by Gasteiger charge is 2.34. The van der Waals surface area contributed by atoms with E-state index in [1.54, 1.807) is 0 Å². The first-order valence-corrected chi connectivity index (χ1v) is 8.36. The lowest BCUT2D eigenvalue weighted by Gasteiger charge is -2.31. The third-order valence-corrected chi connectivity index (χ3v) is 5.40. The predicted molar refractivity (Wildman–Crippen MR) is 84.6 cm³/mol. The highest BCUT2D eigenvalue weighted by molar-refractivity contribution is 9.10. The summed E-state index contributed by atoms with van der Waals surface area (Å²) in [6, 6.07) is 9.25. The summed E-state index contributed by atoms with van der Waals surface area (Å²) < 4.78 is 1.16. The summed E-state index contributed by atoms with van der Waals surface area (Å²) in [4.78, 5) is 2.72. The van der Waals surface area contributed by atoms with E-state index >= 15 is 0 Å². The molecule has 3 rings (SSSR count). The van der Waals surface area contributed by atoms with Crippen LogP contribution in [0.5, 0.6) is 0 Å². The van der Waals surface area contributed by atoms with Crippen LogP contribution in [0.15, 0.2) is 28.7 Å². The highest BCUT2D eigenvalue weighted by atomic mass is 79.9. The van der Waals surface area contributed by atoms with Crippen molar-refractivity contribution in [2.24, 2.45) is 5.92 Å². The number of rotatable bonds is 4. The molecule has 1 saturated heterocycles. The monoisotopic (exact) mass is 322 g/mol. The molecule has 2 unspecified atom stereocenters. The van der Waals surface area contributed by atoms with Crippen LogP contribution in [0.25, 0.3) is 0 Å². The van der Waals surface area contributed by atoms with Gasteiger partial charge >= 0.3 is 0 Å². The lowest BCUT2D eigenvalue weighted by molar-refractivity contribution is 0.188. The molecule has 1 aliphatic heterocycles. The average molecular weight is 323 g/mol. The van der Waals surface area contributed by atoms with Crippen molar-refractivity contribution in [2.45, 2.75) is 38.1 Å². The molecule has 1 aromatic rings. The van der Waals surface area contributed by atoms with Gasteiger partial charge in [0.25, 0.3) is 0 Å². The molecule has 0 radical (unpaired) electrons. The lowest BCUT2D eigenvalue weighted by Crippen LogP contribution is -2.37. The Kier molecular flexibility index (Phi) is 4.44. The van der Waals surface area contributed by atoms with E-state index in [0.717, 1.165) is 23.0 Å². The van der Waals surface area contributed by atoms with Crippen molar-refractivity contribution in [3.8, 4) is 0 Å². The van der Waals surface area contributed by atoms with E-state index < -0.39 is 0 Å². The fraction of sp³-hybridized carbons (Fsp3) is 0.625. The number of fused-ring (bicyclic) bond motifs is 1. The van der Waals surface area contributed by atoms with Crippen LogP contribution in [0, 0.1) is 5.92 Å². The first kappa shape index (κ1) is 13.4. The van der Waals surface area contributed by atoms with Crippen LogP contribution >= 0.6 is 15.9 Å². The van der Waals surface area contributed by atoms with Crippen LogP contribution in [0.1, 0.15) is 32.1 Å². The molecule has 104 valence electrons. The SMILES string of the molecule is Brc1ccccc1NCCN1CCC2CCCCC21. The Labute approximate surface area is 124 Å². The van der Waals surface area contributed by atoms with E-state index in [-0.39, 0.29) is 0 Å². The molecule has 1 aliphatic carbocycles. The predicted octanol–water partition coefficient (Wildman–Crippen LogP) is 4.13. The molecule has 1 aromatic carbocycles. The Hall–Kier alpha value is -0.540. The van der Waals surface area contributed by atoms with Gasteiger partial charge in [-0.2, -0.15) is 0 Å². The van der Waals surface area contributed by atoms with Gasteiger partial charge in [0.2, 0.25) is 0 Å². The zero-order valence-electron chi connectivity index (χ0n) is 11.4. The van der Waals surface area contributed by atoms with E-state index in [1.807, 2.05) is 0 Å². The molecule has 2 aliphatic rings. The summed E-state index contributed by atoms with van der Waals surface area (Å²) in [5.74, 6) is 0.997. The van der Waals surface area contributed by atoms with E-state index in [9.17, 15) is 0 Å². The van der Waals surface area contributed by atoms with Gasteiger partial charge in [-0.3, -0.25) is 4.90 Å². The van der Waals surface area contributed by atoms with Crippen LogP contribution in [0.4, 0.5) is 5.69 Å². The maximum Gasteiger partial charge on any atom is 0.0485 e. The van der Waals surface area contributed by atoms with Crippen LogP contribution in [-0.4, -0.2) is 30.6 Å². The molecule has 2 nitrogen and oxygen atoms in total. The van der Waals surface area contributed by atoms with E-state index in [0.29, 0.717) is 0 Å². The normalized spacial score (nSPS) is 27.2. The first-order valence-electron chi connectivity index (χ1n) is 7.57. The second-order valence-electron chi connectivity index (χ2n) is 5.84. The van der Waals surface area contributed by atoms with Gasteiger partial charge in [-0.15, -0.1) is 0 Å². The van der Waals surface area contributed by atoms with Crippen molar-refractivity contribution >= 4 is 21.6 Å². The number of para-hydroxylation sites is 1. The first-order chi connectivity index (χ1) is 9.34. The topological polar surface area (TPSA) is 15.3 Å². The number of anilines is 1. The van der Waals surface area contributed by atoms with E-state index in [2.05, 4.69) is 50.4 Å². The van der Waals surface area contributed by atoms with Crippen molar-refractivity contribution in [2.75, 3.05) is 25.0 Å². The van der Waals surface area contributed by atoms with Gasteiger partial charge in [0, 0.05) is 29.3 Å². The molecule has 0 aromatic heterocycles. The molecule has 0 bridgehead atoms. The van der Waals surface area contributed by atoms with Gasteiger partial charge in [0.1, 0.15) is 0 Å². The number of nitrogens with zero attached hydrogens (tertiary/aromatic N) is 1. The van der Waals surface area contributed by atoms with E-state index in [1.165, 1.54) is 50.9 Å². The molecular weight excluding hydrogens is 300 g/mol. The Morgan fingerprint density at radius 3 is 2.89 bits per heavy atom. The number of hydrogen-bond acceptors (Lipinski definition) is 2. The minimum Gasteiger partial charge on any atom is -0.383 e. The molecule has 0 amide bonds. The number of hydrogen-bond donors (Lipinski definition) is 1. The summed E-state index contributed by atoms with van der Waals surface area (Å²) in [5, 5.41) is 3.55. The van der Waals surface area contributed by atoms with Gasteiger partial charge in [-0.25, -0.2) is 0 Å². The molecule has 19 heavy (non-hydrogen) atoms. The minimum atomic E-state index is 0.884. The van der Waals surface area contributed by atoms with Crippen LogP contribution in [0.2, 0.25) is 0 Å². The molecule has 1 N–H and O–H groups in total. The Balaban J connectivity index is 1.49. The van der Waals surface area contributed by atoms with Crippen molar-refractivity contribution in [1.82, 2.24) is 4.90 Å². The Morgan fingerprint density at radius 2 is 2.00 bits per heavy atom. The van der Waals surface area contributed by atoms with Crippen LogP contribution in [0.3, 0.4) is 0 Å². The van der Waals surface area contributed by atoms with Gasteiger partial charge in [0.05, 0.1) is 0 Å². The largest absolute Gasteiger partial charge is 0.383 e.